The molecule has 1 aromatic rings. The number of piperidine rings is 1. The number of aryl methyl sites for hydroxylation is 1. The van der Waals surface area contributed by atoms with Gasteiger partial charge in [0.05, 0.1) is 6.61 Å². The summed E-state index contributed by atoms with van der Waals surface area (Å²) in [5.74, 6) is 1.53. The Balaban J connectivity index is 0.00000392. The number of likely N-dealkylation sites (tertiary alicyclic amines) is 1. The van der Waals surface area contributed by atoms with Crippen molar-refractivity contribution in [3.63, 3.8) is 0 Å². The number of aliphatic imine (C=N–C) groups is 1. The maximum atomic E-state index is 5.17. The second-order valence-electron chi connectivity index (χ2n) is 7.75. The topological polar surface area (TPSA) is 48.9 Å². The van der Waals surface area contributed by atoms with Crippen LogP contribution in [-0.4, -0.2) is 63.8 Å². The molecule has 6 heteroatoms. The predicted molar refractivity (Wildman–Crippen MR) is 130 cm³/mol. The Hall–Kier alpha value is -0.860. The summed E-state index contributed by atoms with van der Waals surface area (Å²) in [6.07, 6.45) is 4.52. The number of hydrogen-bond donors (Lipinski definition) is 2. The van der Waals surface area contributed by atoms with Crippen LogP contribution in [-0.2, 0) is 11.2 Å². The zero-order valence-electron chi connectivity index (χ0n) is 18.0. The first-order valence-corrected chi connectivity index (χ1v) is 10.4. The molecule has 0 aliphatic carbocycles. The Kier molecular flexibility index (Phi) is 12.7. The highest BCUT2D eigenvalue weighted by Gasteiger charge is 2.19. The summed E-state index contributed by atoms with van der Waals surface area (Å²) < 4.78 is 5.17. The molecule has 160 valence electrons. The van der Waals surface area contributed by atoms with Gasteiger partial charge in [-0.1, -0.05) is 38.1 Å². The molecule has 2 N–H and O–H groups in total. The van der Waals surface area contributed by atoms with Gasteiger partial charge in [-0.3, -0.25) is 4.99 Å². The van der Waals surface area contributed by atoms with E-state index in [1.807, 2.05) is 7.05 Å². The van der Waals surface area contributed by atoms with Gasteiger partial charge in [0.25, 0.3) is 0 Å². The zero-order chi connectivity index (χ0) is 19.5. The number of nitrogens with one attached hydrogen (secondary N) is 2. The fourth-order valence-electron chi connectivity index (χ4n) is 3.48. The third-order valence-electron chi connectivity index (χ3n) is 5.34. The molecular weight excluding hydrogens is 463 g/mol. The average molecular weight is 502 g/mol. The first-order chi connectivity index (χ1) is 13.1. The molecule has 28 heavy (non-hydrogen) atoms. The van der Waals surface area contributed by atoms with E-state index in [4.69, 9.17) is 4.74 Å². The fourth-order valence-corrected chi connectivity index (χ4v) is 3.48. The normalized spacial score (nSPS) is 16.1. The summed E-state index contributed by atoms with van der Waals surface area (Å²) >= 11 is 0. The molecule has 0 amide bonds. The summed E-state index contributed by atoms with van der Waals surface area (Å²) in [4.78, 5) is 6.86. The number of guanidine groups is 1. The quantitative estimate of drug-likeness (QED) is 0.234. The molecule has 2 rings (SSSR count). The third-order valence-corrected chi connectivity index (χ3v) is 5.34. The smallest absolute Gasteiger partial charge is 0.191 e. The molecule has 1 saturated heterocycles. The van der Waals surface area contributed by atoms with Crippen LogP contribution in [0.25, 0.3) is 0 Å². The molecule has 0 spiro atoms. The van der Waals surface area contributed by atoms with Gasteiger partial charge in [-0.2, -0.15) is 0 Å². The van der Waals surface area contributed by atoms with Gasteiger partial charge in [-0.15, -0.1) is 24.0 Å². The van der Waals surface area contributed by atoms with E-state index in [1.165, 1.54) is 11.1 Å². The van der Waals surface area contributed by atoms with E-state index in [-0.39, 0.29) is 24.0 Å². The van der Waals surface area contributed by atoms with Gasteiger partial charge < -0.3 is 20.3 Å². The number of nitrogens with zero attached hydrogens (tertiary/aromatic N) is 2. The predicted octanol–water partition coefficient (Wildman–Crippen LogP) is 3.64. The minimum Gasteiger partial charge on any atom is -0.383 e. The number of ether oxygens (including phenoxy) is 1. The highest BCUT2D eigenvalue weighted by molar-refractivity contribution is 14.0. The van der Waals surface area contributed by atoms with Crippen LogP contribution in [0.3, 0.4) is 0 Å². The Bertz CT molecular complexity index is 554. The number of rotatable bonds is 9. The van der Waals surface area contributed by atoms with Crippen LogP contribution in [0.4, 0.5) is 0 Å². The number of halogens is 1. The van der Waals surface area contributed by atoms with Crippen LogP contribution in [0.5, 0.6) is 0 Å². The summed E-state index contributed by atoms with van der Waals surface area (Å²) in [7, 11) is 3.62. The maximum absolute atomic E-state index is 5.17. The van der Waals surface area contributed by atoms with Gasteiger partial charge >= 0.3 is 0 Å². The standard InChI is InChI=1S/C22H38N4O.HI/c1-18(2)20-9-7-19(8-10-20)6-5-13-24-22(23-3)25-21-11-14-26(15-12-21)16-17-27-4;/h7-10,18,21H,5-6,11-17H2,1-4H3,(H2,23,24,25);1H. The van der Waals surface area contributed by atoms with Gasteiger partial charge in [0, 0.05) is 46.4 Å². The van der Waals surface area contributed by atoms with E-state index < -0.39 is 0 Å². The lowest BCUT2D eigenvalue weighted by Gasteiger charge is -2.32. The molecule has 0 aromatic heterocycles. The third kappa shape index (κ3) is 9.09. The zero-order valence-corrected chi connectivity index (χ0v) is 20.4. The van der Waals surface area contributed by atoms with E-state index in [9.17, 15) is 0 Å². The van der Waals surface area contributed by atoms with Gasteiger partial charge in [-0.05, 0) is 42.7 Å². The summed E-state index contributed by atoms with van der Waals surface area (Å²) in [5.41, 5.74) is 2.82. The highest BCUT2D eigenvalue weighted by atomic mass is 127. The van der Waals surface area contributed by atoms with Crippen LogP contribution < -0.4 is 10.6 Å². The fraction of sp³-hybridized carbons (Fsp3) is 0.682. The Morgan fingerprint density at radius 1 is 1.21 bits per heavy atom. The Morgan fingerprint density at radius 3 is 2.46 bits per heavy atom. The minimum atomic E-state index is 0. The minimum absolute atomic E-state index is 0. The molecule has 0 bridgehead atoms. The van der Waals surface area contributed by atoms with Crippen molar-refractivity contribution in [2.75, 3.05) is 46.9 Å². The van der Waals surface area contributed by atoms with Crippen molar-refractivity contribution in [1.29, 1.82) is 0 Å². The van der Waals surface area contributed by atoms with E-state index in [0.717, 1.165) is 64.4 Å². The van der Waals surface area contributed by atoms with Crippen molar-refractivity contribution in [1.82, 2.24) is 15.5 Å². The number of methoxy groups -OCH3 is 1. The maximum Gasteiger partial charge on any atom is 0.191 e. The lowest BCUT2D eigenvalue weighted by molar-refractivity contribution is 0.128. The molecule has 0 saturated carbocycles. The molecule has 1 heterocycles. The summed E-state index contributed by atoms with van der Waals surface area (Å²) in [6.45, 7) is 9.53. The number of hydrogen-bond acceptors (Lipinski definition) is 3. The SMILES string of the molecule is CN=C(NCCCc1ccc(C(C)C)cc1)NC1CCN(CCOC)CC1.I. The van der Waals surface area contributed by atoms with E-state index in [2.05, 4.69) is 58.6 Å². The molecule has 1 fully saturated rings. The second-order valence-corrected chi connectivity index (χ2v) is 7.75. The highest BCUT2D eigenvalue weighted by Crippen LogP contribution is 2.15. The molecule has 5 nitrogen and oxygen atoms in total. The van der Waals surface area contributed by atoms with Gasteiger partial charge in [-0.25, -0.2) is 0 Å². The van der Waals surface area contributed by atoms with Crippen molar-refractivity contribution >= 4 is 29.9 Å². The van der Waals surface area contributed by atoms with E-state index >= 15 is 0 Å². The Morgan fingerprint density at radius 2 is 1.89 bits per heavy atom. The van der Waals surface area contributed by atoms with Gasteiger partial charge in [0.1, 0.15) is 0 Å². The summed E-state index contributed by atoms with van der Waals surface area (Å²) in [6, 6.07) is 9.55. The van der Waals surface area contributed by atoms with Gasteiger partial charge in [0.2, 0.25) is 0 Å². The molecule has 0 unspecified atom stereocenters. The molecule has 1 aromatic carbocycles. The van der Waals surface area contributed by atoms with Gasteiger partial charge in [0.15, 0.2) is 5.96 Å². The van der Waals surface area contributed by atoms with Crippen LogP contribution in [0.1, 0.15) is 50.2 Å². The van der Waals surface area contributed by atoms with Crippen LogP contribution in [0.15, 0.2) is 29.3 Å². The second kappa shape index (κ2) is 14.2. The van der Waals surface area contributed by atoms with E-state index in [1.54, 1.807) is 7.11 Å². The van der Waals surface area contributed by atoms with Crippen molar-refractivity contribution < 1.29 is 4.74 Å². The van der Waals surface area contributed by atoms with Crippen LogP contribution >= 0.6 is 24.0 Å². The number of benzene rings is 1. The van der Waals surface area contributed by atoms with Crippen LogP contribution in [0, 0.1) is 0 Å². The summed E-state index contributed by atoms with van der Waals surface area (Å²) in [5, 5.41) is 7.05. The molecule has 0 atom stereocenters. The monoisotopic (exact) mass is 502 g/mol. The molecule has 1 aliphatic heterocycles. The van der Waals surface area contributed by atoms with Crippen LogP contribution in [0.2, 0.25) is 0 Å². The lowest BCUT2D eigenvalue weighted by atomic mass is 10.0. The van der Waals surface area contributed by atoms with Crippen molar-refractivity contribution in [2.24, 2.45) is 4.99 Å². The molecule has 0 radical (unpaired) electrons. The first-order valence-electron chi connectivity index (χ1n) is 10.4. The van der Waals surface area contributed by atoms with Crippen molar-refractivity contribution in [3.05, 3.63) is 35.4 Å². The van der Waals surface area contributed by atoms with Crippen molar-refractivity contribution in [2.45, 2.75) is 51.5 Å². The lowest BCUT2D eigenvalue weighted by Crippen LogP contribution is -2.49. The largest absolute Gasteiger partial charge is 0.383 e. The van der Waals surface area contributed by atoms with Crippen molar-refractivity contribution in [3.8, 4) is 0 Å². The molecular formula is C22H39IN4O. The average Bonchev–Trinajstić information content (AvgIpc) is 2.70. The molecule has 1 aliphatic rings. The Labute approximate surface area is 188 Å². The first kappa shape index (κ1) is 25.2. The van der Waals surface area contributed by atoms with E-state index in [0.29, 0.717) is 12.0 Å².